The normalized spacial score (nSPS) is 11.9. The van der Waals surface area contributed by atoms with Crippen LogP contribution >= 0.6 is 0 Å². The summed E-state index contributed by atoms with van der Waals surface area (Å²) in [6.07, 6.45) is 0. The van der Waals surface area contributed by atoms with Gasteiger partial charge in [-0.05, 0) is 11.5 Å². The maximum Gasteiger partial charge on any atom is 0.316 e. The van der Waals surface area contributed by atoms with Crippen LogP contribution in [0, 0.1) is 0 Å². The zero-order valence-corrected chi connectivity index (χ0v) is 11.4. The van der Waals surface area contributed by atoms with Gasteiger partial charge in [-0.15, -0.1) is 0 Å². The van der Waals surface area contributed by atoms with E-state index in [1.165, 1.54) is 10.5 Å². The molecular formula is C14H23N3O. The Labute approximate surface area is 109 Å². The van der Waals surface area contributed by atoms with Crippen molar-refractivity contribution in [2.75, 3.05) is 33.7 Å². The van der Waals surface area contributed by atoms with E-state index < -0.39 is 0 Å². The molecule has 1 aromatic rings. The highest BCUT2D eigenvalue weighted by atomic mass is 16.2. The van der Waals surface area contributed by atoms with E-state index in [1.54, 1.807) is 14.1 Å². The molecule has 4 nitrogen and oxygen atoms in total. The number of amides is 2. The minimum atomic E-state index is -0.0482. The van der Waals surface area contributed by atoms with Crippen LogP contribution in [0.4, 0.5) is 4.79 Å². The Kier molecular flexibility index (Phi) is 6.22. The van der Waals surface area contributed by atoms with Gasteiger partial charge >= 0.3 is 6.03 Å². The summed E-state index contributed by atoms with van der Waals surface area (Å²) in [4.78, 5) is 12.8. The van der Waals surface area contributed by atoms with Gasteiger partial charge in [-0.1, -0.05) is 37.3 Å². The van der Waals surface area contributed by atoms with Crippen molar-refractivity contribution in [2.24, 2.45) is 0 Å². The minimum Gasteiger partial charge on any atom is -0.337 e. The van der Waals surface area contributed by atoms with Crippen LogP contribution in [0.5, 0.6) is 0 Å². The van der Waals surface area contributed by atoms with Crippen LogP contribution in [0.25, 0.3) is 0 Å². The Morgan fingerprint density at radius 2 is 1.89 bits per heavy atom. The Balaban J connectivity index is 2.13. The average Bonchev–Trinajstić information content (AvgIpc) is 2.38. The summed E-state index contributed by atoms with van der Waals surface area (Å²) in [6, 6.07) is 10.4. The monoisotopic (exact) mass is 249 g/mol. The second-order valence-electron chi connectivity index (χ2n) is 4.64. The third-order valence-electron chi connectivity index (χ3n) is 2.80. The molecule has 1 atom stereocenters. The molecule has 100 valence electrons. The minimum absolute atomic E-state index is 0.0482. The number of urea groups is 1. The molecule has 0 bridgehead atoms. The van der Waals surface area contributed by atoms with Gasteiger partial charge in [0.1, 0.15) is 0 Å². The van der Waals surface area contributed by atoms with Crippen LogP contribution in [0.2, 0.25) is 0 Å². The average molecular weight is 249 g/mol. The summed E-state index contributed by atoms with van der Waals surface area (Å²) in [7, 11) is 3.47. The van der Waals surface area contributed by atoms with Crippen LogP contribution in [0.3, 0.4) is 0 Å². The van der Waals surface area contributed by atoms with Crippen molar-refractivity contribution in [1.82, 2.24) is 15.5 Å². The van der Waals surface area contributed by atoms with Crippen LogP contribution in [0.1, 0.15) is 18.4 Å². The summed E-state index contributed by atoms with van der Waals surface area (Å²) in [6.45, 7) is 4.55. The number of nitrogens with one attached hydrogen (secondary N) is 2. The molecule has 2 N–H and O–H groups in total. The molecule has 0 radical (unpaired) electrons. The lowest BCUT2D eigenvalue weighted by Crippen LogP contribution is -2.38. The topological polar surface area (TPSA) is 44.4 Å². The zero-order valence-electron chi connectivity index (χ0n) is 11.4. The third kappa shape index (κ3) is 5.19. The van der Waals surface area contributed by atoms with E-state index >= 15 is 0 Å². The first-order valence-electron chi connectivity index (χ1n) is 6.32. The van der Waals surface area contributed by atoms with Gasteiger partial charge in [-0.3, -0.25) is 0 Å². The molecule has 0 fully saturated rings. The van der Waals surface area contributed by atoms with Crippen molar-refractivity contribution in [3.05, 3.63) is 35.9 Å². The number of hydrogen-bond acceptors (Lipinski definition) is 2. The first kappa shape index (κ1) is 14.5. The first-order chi connectivity index (χ1) is 8.61. The highest BCUT2D eigenvalue weighted by Crippen LogP contribution is 2.12. The number of nitrogens with zero attached hydrogens (tertiary/aromatic N) is 1. The van der Waals surface area contributed by atoms with Crippen LogP contribution in [-0.4, -0.2) is 44.7 Å². The smallest absolute Gasteiger partial charge is 0.316 e. The van der Waals surface area contributed by atoms with E-state index in [0.717, 1.165) is 13.1 Å². The number of carbonyl (C=O) groups is 1. The van der Waals surface area contributed by atoms with Crippen LogP contribution < -0.4 is 10.6 Å². The second kappa shape index (κ2) is 7.71. The Morgan fingerprint density at radius 1 is 1.22 bits per heavy atom. The quantitative estimate of drug-likeness (QED) is 0.753. The zero-order chi connectivity index (χ0) is 13.4. The lowest BCUT2D eigenvalue weighted by atomic mass is 10.0. The Hall–Kier alpha value is -1.55. The van der Waals surface area contributed by atoms with Gasteiger partial charge in [0.2, 0.25) is 0 Å². The molecular weight excluding hydrogens is 226 g/mol. The van der Waals surface area contributed by atoms with Crippen molar-refractivity contribution in [1.29, 1.82) is 0 Å². The van der Waals surface area contributed by atoms with Crippen molar-refractivity contribution in [3.8, 4) is 0 Å². The van der Waals surface area contributed by atoms with Crippen LogP contribution in [0.15, 0.2) is 30.3 Å². The predicted molar refractivity (Wildman–Crippen MR) is 74.8 cm³/mol. The van der Waals surface area contributed by atoms with Crippen LogP contribution in [-0.2, 0) is 0 Å². The summed E-state index contributed by atoms with van der Waals surface area (Å²) in [5.41, 5.74) is 1.34. The fraction of sp³-hybridized carbons (Fsp3) is 0.500. The molecule has 1 rings (SSSR count). The maximum atomic E-state index is 11.2. The largest absolute Gasteiger partial charge is 0.337 e. The van der Waals surface area contributed by atoms with E-state index in [4.69, 9.17) is 0 Å². The number of rotatable bonds is 6. The summed E-state index contributed by atoms with van der Waals surface area (Å²) in [5, 5.41) is 6.16. The summed E-state index contributed by atoms with van der Waals surface area (Å²) in [5.74, 6) is 0.482. The van der Waals surface area contributed by atoms with E-state index in [1.807, 2.05) is 6.07 Å². The van der Waals surface area contributed by atoms with E-state index in [2.05, 4.69) is 41.8 Å². The van der Waals surface area contributed by atoms with Gasteiger partial charge in [-0.25, -0.2) is 4.79 Å². The third-order valence-corrected chi connectivity index (χ3v) is 2.80. The van der Waals surface area contributed by atoms with Crippen molar-refractivity contribution < 1.29 is 4.79 Å². The number of carbonyl (C=O) groups excluding carboxylic acids is 1. The molecule has 4 heteroatoms. The Morgan fingerprint density at radius 3 is 2.50 bits per heavy atom. The molecule has 2 amide bonds. The van der Waals surface area contributed by atoms with Gasteiger partial charge in [0.05, 0.1) is 0 Å². The lowest BCUT2D eigenvalue weighted by molar-refractivity contribution is 0.217. The highest BCUT2D eigenvalue weighted by molar-refractivity contribution is 5.73. The van der Waals surface area contributed by atoms with E-state index in [-0.39, 0.29) is 6.03 Å². The molecule has 0 saturated heterocycles. The SMILES string of the molecule is CC(CNCCNC(=O)N(C)C)c1ccccc1. The van der Waals surface area contributed by atoms with Gasteiger partial charge in [0, 0.05) is 33.7 Å². The molecule has 0 aliphatic rings. The molecule has 0 aliphatic heterocycles. The van der Waals surface area contributed by atoms with Crippen molar-refractivity contribution in [3.63, 3.8) is 0 Å². The van der Waals surface area contributed by atoms with Gasteiger partial charge in [0.15, 0.2) is 0 Å². The van der Waals surface area contributed by atoms with E-state index in [0.29, 0.717) is 12.5 Å². The molecule has 0 aromatic heterocycles. The lowest BCUT2D eigenvalue weighted by Gasteiger charge is -2.14. The van der Waals surface area contributed by atoms with Gasteiger partial charge in [0.25, 0.3) is 0 Å². The highest BCUT2D eigenvalue weighted by Gasteiger charge is 2.04. The predicted octanol–water partition coefficient (Wildman–Crippen LogP) is 1.65. The second-order valence-corrected chi connectivity index (χ2v) is 4.64. The number of benzene rings is 1. The molecule has 0 heterocycles. The summed E-state index contributed by atoms with van der Waals surface area (Å²) < 4.78 is 0. The van der Waals surface area contributed by atoms with E-state index in [9.17, 15) is 4.79 Å². The summed E-state index contributed by atoms with van der Waals surface area (Å²) >= 11 is 0. The first-order valence-corrected chi connectivity index (χ1v) is 6.32. The molecule has 0 spiro atoms. The molecule has 1 unspecified atom stereocenters. The molecule has 1 aromatic carbocycles. The van der Waals surface area contributed by atoms with Crippen molar-refractivity contribution in [2.45, 2.75) is 12.8 Å². The standard InChI is InChI=1S/C14H23N3O/c1-12(13-7-5-4-6-8-13)11-15-9-10-16-14(18)17(2)3/h4-8,12,15H,9-11H2,1-3H3,(H,16,18). The number of hydrogen-bond donors (Lipinski definition) is 2. The fourth-order valence-electron chi connectivity index (χ4n) is 1.63. The van der Waals surface area contributed by atoms with Crippen molar-refractivity contribution >= 4 is 6.03 Å². The molecule has 0 saturated carbocycles. The Bertz CT molecular complexity index is 351. The fourth-order valence-corrected chi connectivity index (χ4v) is 1.63. The van der Waals surface area contributed by atoms with Gasteiger partial charge in [-0.2, -0.15) is 0 Å². The molecule has 18 heavy (non-hydrogen) atoms. The molecule has 0 aliphatic carbocycles. The maximum absolute atomic E-state index is 11.2. The van der Waals surface area contributed by atoms with Gasteiger partial charge < -0.3 is 15.5 Å².